The zero-order valence-electron chi connectivity index (χ0n) is 15.5. The van der Waals surface area contributed by atoms with E-state index in [-0.39, 0.29) is 23.4 Å². The van der Waals surface area contributed by atoms with E-state index < -0.39 is 21.7 Å². The number of aromatic nitrogens is 3. The van der Waals surface area contributed by atoms with Crippen LogP contribution in [-0.2, 0) is 23.0 Å². The Morgan fingerprint density at radius 3 is 2.79 bits per heavy atom. The van der Waals surface area contributed by atoms with Crippen molar-refractivity contribution in [2.24, 2.45) is 11.8 Å². The number of rotatable bonds is 5. The van der Waals surface area contributed by atoms with Crippen LogP contribution in [-0.4, -0.2) is 52.2 Å². The van der Waals surface area contributed by atoms with Gasteiger partial charge in [-0.2, -0.15) is 0 Å². The van der Waals surface area contributed by atoms with E-state index in [1.165, 1.54) is 18.2 Å². The smallest absolute Gasteiger partial charge is 0.293 e. The first-order valence-electron chi connectivity index (χ1n) is 9.34. The molecular formula is C18H22FN5O3S. The predicted molar refractivity (Wildman–Crippen MR) is 101 cm³/mol. The van der Waals surface area contributed by atoms with Gasteiger partial charge in [0.15, 0.2) is 0 Å². The third kappa shape index (κ3) is 3.53. The topological polar surface area (TPSA) is 97.2 Å². The van der Waals surface area contributed by atoms with Crippen molar-refractivity contribution in [3.63, 3.8) is 0 Å². The van der Waals surface area contributed by atoms with E-state index >= 15 is 0 Å². The van der Waals surface area contributed by atoms with Crippen molar-refractivity contribution in [2.45, 2.75) is 26.3 Å². The van der Waals surface area contributed by atoms with E-state index in [0.29, 0.717) is 44.0 Å². The molecule has 2 aliphatic rings. The minimum Gasteiger partial charge on any atom is -0.319 e. The summed E-state index contributed by atoms with van der Waals surface area (Å²) in [6, 6.07) is 5.64. The van der Waals surface area contributed by atoms with E-state index in [9.17, 15) is 17.6 Å². The van der Waals surface area contributed by atoms with Crippen molar-refractivity contribution in [3.8, 4) is 0 Å². The number of carbonyl (C=O) groups excluding carboxylic acids is 1. The molecule has 1 fully saturated rings. The lowest BCUT2D eigenvalue weighted by Gasteiger charge is -2.25. The van der Waals surface area contributed by atoms with Gasteiger partial charge in [0, 0.05) is 31.7 Å². The number of anilines is 1. The maximum Gasteiger partial charge on any atom is 0.293 e. The van der Waals surface area contributed by atoms with Crippen molar-refractivity contribution in [1.29, 1.82) is 0 Å². The van der Waals surface area contributed by atoms with Crippen LogP contribution in [0.25, 0.3) is 0 Å². The first kappa shape index (κ1) is 19.0. The Morgan fingerprint density at radius 2 is 2.04 bits per heavy atom. The number of benzene rings is 1. The Balaban J connectivity index is 1.50. The molecule has 8 nitrogen and oxygen atoms in total. The summed E-state index contributed by atoms with van der Waals surface area (Å²) >= 11 is 0. The molecule has 28 heavy (non-hydrogen) atoms. The van der Waals surface area contributed by atoms with Crippen LogP contribution >= 0.6 is 0 Å². The van der Waals surface area contributed by atoms with Crippen LogP contribution in [0.2, 0.25) is 0 Å². The van der Waals surface area contributed by atoms with Crippen molar-refractivity contribution in [3.05, 3.63) is 41.7 Å². The van der Waals surface area contributed by atoms with E-state index in [1.807, 2.05) is 6.92 Å². The quantitative estimate of drug-likeness (QED) is 0.810. The molecule has 1 amide bonds. The molecule has 2 aromatic rings. The minimum atomic E-state index is -3.24. The van der Waals surface area contributed by atoms with Gasteiger partial charge >= 0.3 is 0 Å². The van der Waals surface area contributed by atoms with Gasteiger partial charge in [0.2, 0.25) is 15.8 Å². The monoisotopic (exact) mass is 407 g/mol. The molecule has 10 heteroatoms. The van der Waals surface area contributed by atoms with Gasteiger partial charge in [-0.1, -0.05) is 13.0 Å². The number of hydrogen-bond donors (Lipinski definition) is 1. The summed E-state index contributed by atoms with van der Waals surface area (Å²) in [7, 11) is -3.24. The highest BCUT2D eigenvalue weighted by atomic mass is 32.2. The maximum atomic E-state index is 13.3. The molecular weight excluding hydrogens is 385 g/mol. The number of amides is 1. The number of halogens is 1. The minimum absolute atomic E-state index is 0.121. The van der Waals surface area contributed by atoms with Crippen LogP contribution in [0, 0.1) is 17.7 Å². The Morgan fingerprint density at radius 1 is 1.25 bits per heavy atom. The second-order valence-electron chi connectivity index (χ2n) is 7.37. The van der Waals surface area contributed by atoms with Crippen molar-refractivity contribution < 1.29 is 17.6 Å². The summed E-state index contributed by atoms with van der Waals surface area (Å²) in [5.74, 6) is 0.394. The zero-order valence-corrected chi connectivity index (χ0v) is 16.3. The summed E-state index contributed by atoms with van der Waals surface area (Å²) in [5, 5.41) is 10.8. The van der Waals surface area contributed by atoms with E-state index in [1.54, 1.807) is 14.9 Å². The third-order valence-corrected chi connectivity index (χ3v) is 7.38. The summed E-state index contributed by atoms with van der Waals surface area (Å²) in [6.07, 6.45) is 1.17. The highest BCUT2D eigenvalue weighted by Crippen LogP contribution is 2.34. The van der Waals surface area contributed by atoms with E-state index in [4.69, 9.17) is 0 Å². The number of nitrogens with zero attached hydrogens (tertiary/aromatic N) is 4. The summed E-state index contributed by atoms with van der Waals surface area (Å²) in [4.78, 5) is 12.6. The molecule has 4 rings (SSSR count). The van der Waals surface area contributed by atoms with Crippen LogP contribution in [0.5, 0.6) is 0 Å². The third-order valence-electron chi connectivity index (χ3n) is 5.37. The summed E-state index contributed by atoms with van der Waals surface area (Å²) in [6.45, 7) is 3.29. The van der Waals surface area contributed by atoms with Crippen LogP contribution in [0.1, 0.15) is 29.8 Å². The first-order chi connectivity index (χ1) is 13.4. The lowest BCUT2D eigenvalue weighted by molar-refractivity contribution is 0.100. The zero-order chi connectivity index (χ0) is 19.9. The van der Waals surface area contributed by atoms with Gasteiger partial charge in [-0.15, -0.1) is 10.2 Å². The van der Waals surface area contributed by atoms with Gasteiger partial charge in [0.1, 0.15) is 11.6 Å². The van der Waals surface area contributed by atoms with Crippen LogP contribution in [0.3, 0.4) is 0 Å². The predicted octanol–water partition coefficient (Wildman–Crippen LogP) is 1.51. The fraction of sp³-hybridized carbons (Fsp3) is 0.500. The molecule has 1 N–H and O–H groups in total. The molecule has 0 bridgehead atoms. The Kier molecular flexibility index (Phi) is 4.92. The van der Waals surface area contributed by atoms with Crippen LogP contribution in [0.15, 0.2) is 24.3 Å². The second kappa shape index (κ2) is 7.25. The van der Waals surface area contributed by atoms with Gasteiger partial charge in [-0.05, 0) is 36.5 Å². The second-order valence-corrected chi connectivity index (χ2v) is 9.46. The van der Waals surface area contributed by atoms with Gasteiger partial charge in [0.25, 0.3) is 5.91 Å². The lowest BCUT2D eigenvalue weighted by Crippen LogP contribution is -2.31. The Hall–Kier alpha value is -2.33. The molecule has 150 valence electrons. The molecule has 0 spiro atoms. The standard InChI is InChI=1S/C18H22FN5O3S/c1-2-6-28(26,27)23-9-12-7-16-21-22-17(24(16)11-13(12)10-23)18(25)20-15-5-3-4-14(19)8-15/h3-5,8,12-13H,2,6-7,9-11H2,1H3,(H,20,25)/t12-,13+/m1/s1. The molecule has 3 heterocycles. The molecule has 0 unspecified atom stereocenters. The van der Waals surface area contributed by atoms with Gasteiger partial charge < -0.3 is 9.88 Å². The molecule has 1 aromatic carbocycles. The SMILES string of the molecule is CCCS(=O)(=O)N1C[C@H]2Cc3nnc(C(=O)Nc4cccc(F)c4)n3C[C@@H]2C1. The number of fused-ring (bicyclic) bond motifs is 2. The average Bonchev–Trinajstić information content (AvgIpc) is 3.23. The Labute approximate surface area is 162 Å². The Bertz CT molecular complexity index is 1010. The first-order valence-corrected chi connectivity index (χ1v) is 10.9. The molecule has 2 aliphatic heterocycles. The van der Waals surface area contributed by atoms with Gasteiger partial charge in [-0.25, -0.2) is 17.1 Å². The lowest BCUT2D eigenvalue weighted by atomic mass is 9.89. The fourth-order valence-electron chi connectivity index (χ4n) is 4.02. The van der Waals surface area contributed by atoms with Crippen molar-refractivity contribution in [1.82, 2.24) is 19.1 Å². The van der Waals surface area contributed by atoms with Gasteiger partial charge in [-0.3, -0.25) is 4.79 Å². The van der Waals surface area contributed by atoms with Crippen LogP contribution in [0.4, 0.5) is 10.1 Å². The molecule has 1 aromatic heterocycles. The van der Waals surface area contributed by atoms with Crippen LogP contribution < -0.4 is 5.32 Å². The highest BCUT2D eigenvalue weighted by molar-refractivity contribution is 7.89. The van der Waals surface area contributed by atoms with E-state index in [0.717, 1.165) is 0 Å². The number of hydrogen-bond acceptors (Lipinski definition) is 5. The molecule has 0 saturated carbocycles. The number of carbonyl (C=O) groups is 1. The molecule has 0 aliphatic carbocycles. The number of sulfonamides is 1. The van der Waals surface area contributed by atoms with Gasteiger partial charge in [0.05, 0.1) is 5.75 Å². The van der Waals surface area contributed by atoms with Crippen molar-refractivity contribution in [2.75, 3.05) is 24.2 Å². The summed E-state index contributed by atoms with van der Waals surface area (Å²) < 4.78 is 41.4. The largest absolute Gasteiger partial charge is 0.319 e. The molecule has 2 atom stereocenters. The average molecular weight is 407 g/mol. The normalized spacial score (nSPS) is 21.9. The molecule has 0 radical (unpaired) electrons. The fourth-order valence-corrected chi connectivity index (χ4v) is 5.63. The van der Waals surface area contributed by atoms with E-state index in [2.05, 4.69) is 15.5 Å². The maximum absolute atomic E-state index is 13.3. The number of nitrogens with one attached hydrogen (secondary N) is 1. The molecule has 1 saturated heterocycles. The van der Waals surface area contributed by atoms with Crippen molar-refractivity contribution >= 4 is 21.6 Å². The summed E-state index contributed by atoms with van der Waals surface area (Å²) in [5.41, 5.74) is 0.341. The highest BCUT2D eigenvalue weighted by Gasteiger charge is 2.42.